The molecule has 1 rings (SSSR count). The minimum atomic E-state index is 0.290. The predicted molar refractivity (Wildman–Crippen MR) is 102 cm³/mol. The van der Waals surface area contributed by atoms with E-state index >= 15 is 0 Å². The van der Waals surface area contributed by atoms with Crippen molar-refractivity contribution in [3.8, 4) is 0 Å². The van der Waals surface area contributed by atoms with Crippen molar-refractivity contribution in [3.63, 3.8) is 0 Å². The number of nitrogen functional groups attached to an aromatic ring is 1. The quantitative estimate of drug-likeness (QED) is 0.298. The molecule has 0 radical (unpaired) electrons. The van der Waals surface area contributed by atoms with E-state index in [2.05, 4.69) is 73.8 Å². The van der Waals surface area contributed by atoms with E-state index in [9.17, 15) is 4.79 Å². The van der Waals surface area contributed by atoms with Crippen LogP contribution in [0.5, 0.6) is 0 Å². The van der Waals surface area contributed by atoms with Crippen molar-refractivity contribution in [1.82, 2.24) is 0 Å². The molecule has 0 fully saturated rings. The van der Waals surface area contributed by atoms with E-state index in [-0.39, 0.29) is 5.78 Å². The first kappa shape index (κ1) is 16.9. The van der Waals surface area contributed by atoms with Crippen LogP contribution < -0.4 is 5.73 Å². The third-order valence-corrected chi connectivity index (χ3v) is 5.84. The molecule has 1 aromatic carbocycles. The highest BCUT2D eigenvalue weighted by molar-refractivity contribution is 14.1. The summed E-state index contributed by atoms with van der Waals surface area (Å²) in [4.78, 5) is 10.8. The van der Waals surface area contributed by atoms with Gasteiger partial charge in [-0.05, 0) is 106 Å². The summed E-state index contributed by atoms with van der Waals surface area (Å²) in [6, 6.07) is 2.14. The second-order valence-electron chi connectivity index (χ2n) is 4.31. The standard InChI is InChI=1S/C13H16I3NO/c1-8(18)5-3-2-4-6-9-10(14)7-11(15)13(17)12(9)16/h7H,2-6,17H2,1H3. The van der Waals surface area contributed by atoms with Crippen LogP contribution in [0.1, 0.15) is 38.2 Å². The smallest absolute Gasteiger partial charge is 0.129 e. The van der Waals surface area contributed by atoms with Crippen LogP contribution in [0.2, 0.25) is 0 Å². The number of carbonyl (C=O) groups is 1. The van der Waals surface area contributed by atoms with E-state index in [1.165, 1.54) is 12.7 Å². The van der Waals surface area contributed by atoms with Crippen molar-refractivity contribution in [1.29, 1.82) is 0 Å². The first-order valence-electron chi connectivity index (χ1n) is 5.84. The van der Waals surface area contributed by atoms with E-state index in [0.29, 0.717) is 6.42 Å². The van der Waals surface area contributed by atoms with Gasteiger partial charge < -0.3 is 10.5 Å². The van der Waals surface area contributed by atoms with Crippen LogP contribution in [0.15, 0.2) is 6.07 Å². The number of Topliss-reactive ketones (excluding diaryl/α,β-unsaturated/α-hetero) is 1. The Morgan fingerprint density at radius 2 is 1.83 bits per heavy atom. The lowest BCUT2D eigenvalue weighted by atomic mass is 10.0. The normalized spacial score (nSPS) is 10.7. The van der Waals surface area contributed by atoms with Crippen molar-refractivity contribution >= 4 is 79.2 Å². The largest absolute Gasteiger partial charge is 0.397 e. The van der Waals surface area contributed by atoms with Crippen molar-refractivity contribution < 1.29 is 4.79 Å². The van der Waals surface area contributed by atoms with Crippen molar-refractivity contribution in [2.75, 3.05) is 5.73 Å². The van der Waals surface area contributed by atoms with Crippen molar-refractivity contribution in [3.05, 3.63) is 22.3 Å². The number of carbonyl (C=O) groups excluding carboxylic acids is 1. The number of ketones is 1. The molecule has 2 nitrogen and oxygen atoms in total. The number of rotatable bonds is 6. The second kappa shape index (κ2) is 8.23. The van der Waals surface area contributed by atoms with E-state index in [1.807, 2.05) is 0 Å². The molecule has 18 heavy (non-hydrogen) atoms. The van der Waals surface area contributed by atoms with Gasteiger partial charge in [-0.25, -0.2) is 0 Å². The SMILES string of the molecule is CC(=O)CCCCCc1c(I)cc(I)c(N)c1I. The first-order valence-corrected chi connectivity index (χ1v) is 9.08. The van der Waals surface area contributed by atoms with Gasteiger partial charge in [-0.15, -0.1) is 0 Å². The van der Waals surface area contributed by atoms with Crippen LogP contribution >= 0.6 is 67.8 Å². The topological polar surface area (TPSA) is 43.1 Å². The molecule has 2 N–H and O–H groups in total. The maximum Gasteiger partial charge on any atom is 0.129 e. The summed E-state index contributed by atoms with van der Waals surface area (Å²) in [6.45, 7) is 1.66. The van der Waals surface area contributed by atoms with Crippen LogP contribution in [-0.4, -0.2) is 5.78 Å². The Morgan fingerprint density at radius 1 is 1.17 bits per heavy atom. The molecule has 0 unspecified atom stereocenters. The summed E-state index contributed by atoms with van der Waals surface area (Å²) in [5.41, 5.74) is 8.32. The van der Waals surface area contributed by atoms with Crippen LogP contribution in [0, 0.1) is 10.7 Å². The second-order valence-corrected chi connectivity index (χ2v) is 7.71. The number of benzene rings is 1. The summed E-state index contributed by atoms with van der Waals surface area (Å²) in [7, 11) is 0. The molecule has 0 heterocycles. The van der Waals surface area contributed by atoms with Gasteiger partial charge in [-0.3, -0.25) is 0 Å². The van der Waals surface area contributed by atoms with Gasteiger partial charge in [-0.1, -0.05) is 6.42 Å². The molecule has 0 bridgehead atoms. The minimum Gasteiger partial charge on any atom is -0.397 e. The average Bonchev–Trinajstić information content (AvgIpc) is 2.29. The predicted octanol–water partition coefficient (Wildman–Crippen LogP) is 4.77. The molecule has 0 aliphatic heterocycles. The van der Waals surface area contributed by atoms with Gasteiger partial charge in [-0.2, -0.15) is 0 Å². The van der Waals surface area contributed by atoms with Crippen molar-refractivity contribution in [2.45, 2.75) is 39.0 Å². The highest BCUT2D eigenvalue weighted by Gasteiger charge is 2.11. The fraction of sp³-hybridized carbons (Fsp3) is 0.462. The fourth-order valence-corrected chi connectivity index (χ4v) is 5.64. The Kier molecular flexibility index (Phi) is 7.74. The minimum absolute atomic E-state index is 0.290. The van der Waals surface area contributed by atoms with Crippen molar-refractivity contribution in [2.24, 2.45) is 0 Å². The van der Waals surface area contributed by atoms with Gasteiger partial charge >= 0.3 is 0 Å². The van der Waals surface area contributed by atoms with Gasteiger partial charge in [0.25, 0.3) is 0 Å². The van der Waals surface area contributed by atoms with Crippen LogP contribution in [0.4, 0.5) is 5.69 Å². The Hall–Kier alpha value is 0.880. The Bertz CT molecular complexity index is 446. The Balaban J connectivity index is 2.57. The van der Waals surface area contributed by atoms with Gasteiger partial charge in [0.2, 0.25) is 0 Å². The van der Waals surface area contributed by atoms with E-state index < -0.39 is 0 Å². The lowest BCUT2D eigenvalue weighted by Crippen LogP contribution is -2.02. The zero-order valence-corrected chi connectivity index (χ0v) is 16.7. The fourth-order valence-electron chi connectivity index (χ4n) is 1.73. The van der Waals surface area contributed by atoms with Gasteiger partial charge in [0.15, 0.2) is 0 Å². The molecule has 0 amide bonds. The van der Waals surface area contributed by atoms with Crippen LogP contribution in [0.25, 0.3) is 0 Å². The van der Waals surface area contributed by atoms with E-state index in [4.69, 9.17) is 5.73 Å². The molecule has 1 aromatic rings. The number of unbranched alkanes of at least 4 members (excludes halogenated alkanes) is 2. The lowest BCUT2D eigenvalue weighted by molar-refractivity contribution is -0.117. The molecule has 5 heteroatoms. The Morgan fingerprint density at radius 3 is 2.44 bits per heavy atom. The number of hydrogen-bond donors (Lipinski definition) is 1. The summed E-state index contributed by atoms with van der Waals surface area (Å²) in [6.07, 6.45) is 5.00. The molecule has 0 saturated carbocycles. The molecular formula is C13H16I3NO. The average molecular weight is 583 g/mol. The maximum atomic E-state index is 10.8. The Labute approximate surface area is 149 Å². The zero-order chi connectivity index (χ0) is 13.7. The molecule has 0 saturated heterocycles. The third-order valence-electron chi connectivity index (χ3n) is 2.76. The third kappa shape index (κ3) is 5.10. The number of hydrogen-bond acceptors (Lipinski definition) is 2. The summed E-state index contributed by atoms with van der Waals surface area (Å²) in [5.74, 6) is 0.290. The number of anilines is 1. The zero-order valence-electron chi connectivity index (χ0n) is 10.2. The molecule has 0 spiro atoms. The summed E-state index contributed by atoms with van der Waals surface area (Å²) < 4.78 is 3.61. The number of halogens is 3. The summed E-state index contributed by atoms with van der Waals surface area (Å²) >= 11 is 7.00. The molecule has 100 valence electrons. The highest BCUT2D eigenvalue weighted by Crippen LogP contribution is 2.30. The van der Waals surface area contributed by atoms with E-state index in [1.54, 1.807) is 6.92 Å². The molecular weight excluding hydrogens is 567 g/mol. The highest BCUT2D eigenvalue weighted by atomic mass is 127. The van der Waals surface area contributed by atoms with E-state index in [0.717, 1.165) is 34.9 Å². The van der Waals surface area contributed by atoms with Gasteiger partial charge in [0, 0.05) is 17.1 Å². The molecule has 0 aromatic heterocycles. The van der Waals surface area contributed by atoms with Crippen LogP contribution in [0.3, 0.4) is 0 Å². The molecule has 0 atom stereocenters. The van der Waals surface area contributed by atoms with Gasteiger partial charge in [0.05, 0.1) is 5.69 Å². The monoisotopic (exact) mass is 583 g/mol. The lowest BCUT2D eigenvalue weighted by Gasteiger charge is -2.11. The summed E-state index contributed by atoms with van der Waals surface area (Å²) in [5, 5.41) is 0. The van der Waals surface area contributed by atoms with Crippen LogP contribution in [-0.2, 0) is 11.2 Å². The molecule has 0 aliphatic carbocycles. The number of nitrogens with two attached hydrogens (primary N) is 1. The first-order chi connectivity index (χ1) is 8.43. The van der Waals surface area contributed by atoms with Gasteiger partial charge in [0.1, 0.15) is 5.78 Å². The molecule has 0 aliphatic rings. The maximum absolute atomic E-state index is 10.8.